The monoisotopic (exact) mass is 423 g/mol. The molecule has 0 aliphatic heterocycles. The van der Waals surface area contributed by atoms with Crippen molar-refractivity contribution >= 4 is 23.5 Å². The van der Waals surface area contributed by atoms with Crippen molar-refractivity contribution < 1.29 is 4.74 Å². The smallest absolute Gasteiger partial charge is 0.187 e. The summed E-state index contributed by atoms with van der Waals surface area (Å²) in [6, 6.07) is 17.0. The summed E-state index contributed by atoms with van der Waals surface area (Å²) in [4.78, 5) is 0. The molecule has 2 aromatic carbocycles. The van der Waals surface area contributed by atoms with E-state index in [0.29, 0.717) is 17.8 Å². The lowest BCUT2D eigenvalue weighted by Gasteiger charge is -2.23. The first kappa shape index (κ1) is 22.3. The number of hydrogen-bond acceptors (Lipinski definition) is 3. The molecule has 0 amide bonds. The molecule has 0 heterocycles. The summed E-state index contributed by atoms with van der Waals surface area (Å²) < 4.78 is 5.91. The maximum absolute atomic E-state index is 5.91. The number of rotatable bonds is 6. The molecule has 3 rings (SSSR count). The topological polar surface area (TPSA) is 45.6 Å². The van der Waals surface area contributed by atoms with Crippen molar-refractivity contribution in [3.63, 3.8) is 0 Å². The quantitative estimate of drug-likeness (QED) is 0.356. The zero-order valence-corrected chi connectivity index (χ0v) is 19.1. The minimum absolute atomic E-state index is 0.168. The van der Waals surface area contributed by atoms with Crippen molar-refractivity contribution in [1.82, 2.24) is 10.7 Å². The first-order chi connectivity index (χ1) is 14.4. The second-order valence-electron chi connectivity index (χ2n) is 8.98. The van der Waals surface area contributed by atoms with Gasteiger partial charge < -0.3 is 10.1 Å². The highest BCUT2D eigenvalue weighted by Crippen LogP contribution is 2.22. The zero-order valence-electron chi connectivity index (χ0n) is 18.3. The van der Waals surface area contributed by atoms with Gasteiger partial charge in [-0.05, 0) is 71.4 Å². The Bertz CT molecular complexity index is 832. The predicted molar refractivity (Wildman–Crippen MR) is 129 cm³/mol. The van der Waals surface area contributed by atoms with E-state index in [-0.39, 0.29) is 5.41 Å². The predicted octanol–water partition coefficient (Wildman–Crippen LogP) is 5.69. The molecule has 0 radical (unpaired) electrons. The summed E-state index contributed by atoms with van der Waals surface area (Å²) >= 11 is 5.32. The molecule has 0 bridgehead atoms. The lowest BCUT2D eigenvalue weighted by Crippen LogP contribution is -2.40. The summed E-state index contributed by atoms with van der Waals surface area (Å²) in [5, 5.41) is 8.18. The Balaban J connectivity index is 1.43. The van der Waals surface area contributed by atoms with Gasteiger partial charge in [0, 0.05) is 6.04 Å². The summed E-state index contributed by atoms with van der Waals surface area (Å²) in [5.74, 6) is 0.842. The van der Waals surface area contributed by atoms with Gasteiger partial charge in [-0.2, -0.15) is 5.10 Å². The van der Waals surface area contributed by atoms with Crippen LogP contribution in [0.3, 0.4) is 0 Å². The second-order valence-corrected chi connectivity index (χ2v) is 9.39. The highest BCUT2D eigenvalue weighted by atomic mass is 32.1. The first-order valence-corrected chi connectivity index (χ1v) is 11.2. The minimum atomic E-state index is 0.168. The van der Waals surface area contributed by atoms with Gasteiger partial charge in [0.1, 0.15) is 12.4 Å². The van der Waals surface area contributed by atoms with Crippen molar-refractivity contribution in [2.45, 2.75) is 70.9 Å². The number of hydrogen-bond donors (Lipinski definition) is 2. The van der Waals surface area contributed by atoms with Crippen molar-refractivity contribution in [3.05, 3.63) is 65.2 Å². The van der Waals surface area contributed by atoms with Gasteiger partial charge in [-0.1, -0.05) is 64.3 Å². The third kappa shape index (κ3) is 7.13. The molecule has 0 unspecified atom stereocenters. The van der Waals surface area contributed by atoms with E-state index in [1.165, 1.54) is 37.7 Å². The molecule has 1 saturated carbocycles. The molecule has 1 fully saturated rings. The molecule has 0 saturated heterocycles. The molecule has 2 N–H and O–H groups in total. The average Bonchev–Trinajstić information content (AvgIpc) is 2.73. The van der Waals surface area contributed by atoms with Crippen LogP contribution < -0.4 is 15.5 Å². The highest BCUT2D eigenvalue weighted by molar-refractivity contribution is 7.80. The molecule has 160 valence electrons. The molecule has 0 spiro atoms. The van der Waals surface area contributed by atoms with Gasteiger partial charge in [-0.15, -0.1) is 0 Å². The lowest BCUT2D eigenvalue weighted by molar-refractivity contribution is 0.306. The third-order valence-electron chi connectivity index (χ3n) is 5.43. The molecule has 0 aromatic heterocycles. The molecular weight excluding hydrogens is 390 g/mol. The fraction of sp³-hybridized carbons (Fsp3) is 0.440. The Kier molecular flexibility index (Phi) is 7.86. The average molecular weight is 424 g/mol. The summed E-state index contributed by atoms with van der Waals surface area (Å²) in [7, 11) is 0. The van der Waals surface area contributed by atoms with Gasteiger partial charge in [-0.25, -0.2) is 0 Å². The SMILES string of the molecule is CC(C)(C)c1ccc(COc2ccc(/C=N/NC(=S)NC3CCCCC3)cc2)cc1. The molecule has 1 aliphatic rings. The Hall–Kier alpha value is -2.40. The number of ether oxygens (including phenoxy) is 1. The summed E-state index contributed by atoms with van der Waals surface area (Å²) in [5.41, 5.74) is 6.57. The van der Waals surface area contributed by atoms with Gasteiger partial charge in [0.15, 0.2) is 5.11 Å². The second kappa shape index (κ2) is 10.6. The Morgan fingerprint density at radius 2 is 1.70 bits per heavy atom. The van der Waals surface area contributed by atoms with Crippen molar-refractivity contribution in [3.8, 4) is 5.75 Å². The van der Waals surface area contributed by atoms with Crippen LogP contribution in [0, 0.1) is 0 Å². The third-order valence-corrected chi connectivity index (χ3v) is 5.63. The van der Waals surface area contributed by atoms with E-state index in [0.717, 1.165) is 16.9 Å². The molecule has 5 heteroatoms. The number of nitrogens with one attached hydrogen (secondary N) is 2. The maximum atomic E-state index is 5.91. The molecule has 2 aromatic rings. The number of benzene rings is 2. The van der Waals surface area contributed by atoms with E-state index in [4.69, 9.17) is 17.0 Å². The fourth-order valence-corrected chi connectivity index (χ4v) is 3.77. The molecule has 1 aliphatic carbocycles. The van der Waals surface area contributed by atoms with Crippen molar-refractivity contribution in [1.29, 1.82) is 0 Å². The van der Waals surface area contributed by atoms with Crippen LogP contribution in [0.2, 0.25) is 0 Å². The first-order valence-electron chi connectivity index (χ1n) is 10.8. The summed E-state index contributed by atoms with van der Waals surface area (Å²) in [6.45, 7) is 7.22. The van der Waals surface area contributed by atoms with Crippen LogP contribution >= 0.6 is 12.2 Å². The van der Waals surface area contributed by atoms with Gasteiger partial charge >= 0.3 is 0 Å². The highest BCUT2D eigenvalue weighted by Gasteiger charge is 2.14. The minimum Gasteiger partial charge on any atom is -0.489 e. The van der Waals surface area contributed by atoms with Crippen LogP contribution in [-0.4, -0.2) is 17.4 Å². The van der Waals surface area contributed by atoms with Gasteiger partial charge in [0.2, 0.25) is 0 Å². The van der Waals surface area contributed by atoms with E-state index in [1.807, 2.05) is 24.3 Å². The normalized spacial score (nSPS) is 15.2. The van der Waals surface area contributed by atoms with Gasteiger partial charge in [-0.3, -0.25) is 5.43 Å². The van der Waals surface area contributed by atoms with Gasteiger partial charge in [0.05, 0.1) is 6.21 Å². The zero-order chi connectivity index (χ0) is 21.4. The van der Waals surface area contributed by atoms with E-state index >= 15 is 0 Å². The van der Waals surface area contributed by atoms with Crippen LogP contribution in [0.25, 0.3) is 0 Å². The largest absolute Gasteiger partial charge is 0.489 e. The Labute approximate surface area is 186 Å². The van der Waals surface area contributed by atoms with Crippen molar-refractivity contribution in [2.75, 3.05) is 0 Å². The van der Waals surface area contributed by atoms with E-state index in [2.05, 4.69) is 60.9 Å². The lowest BCUT2D eigenvalue weighted by atomic mass is 9.87. The number of hydrazone groups is 1. The number of nitrogens with zero attached hydrogens (tertiary/aromatic N) is 1. The van der Waals surface area contributed by atoms with Crippen molar-refractivity contribution in [2.24, 2.45) is 5.10 Å². The molecular formula is C25H33N3OS. The molecule has 30 heavy (non-hydrogen) atoms. The molecule has 0 atom stereocenters. The fourth-order valence-electron chi connectivity index (χ4n) is 3.55. The Morgan fingerprint density at radius 1 is 1.03 bits per heavy atom. The standard InChI is InChI=1S/C25H33N3OS/c1-25(2,3)21-13-9-20(10-14-21)18-29-23-15-11-19(12-16-23)17-26-28-24(30)27-22-7-5-4-6-8-22/h9-17,22H,4-8,18H2,1-3H3,(H2,27,28,30)/b26-17+. The number of thiocarbonyl (C=S) groups is 1. The van der Waals surface area contributed by atoms with Crippen LogP contribution in [0.4, 0.5) is 0 Å². The van der Waals surface area contributed by atoms with Crippen LogP contribution in [-0.2, 0) is 12.0 Å². The molecule has 4 nitrogen and oxygen atoms in total. The van der Waals surface area contributed by atoms with Gasteiger partial charge in [0.25, 0.3) is 0 Å². The van der Waals surface area contributed by atoms with E-state index < -0.39 is 0 Å². The van der Waals surface area contributed by atoms with Crippen LogP contribution in [0.5, 0.6) is 5.75 Å². The Morgan fingerprint density at radius 3 is 2.33 bits per heavy atom. The maximum Gasteiger partial charge on any atom is 0.187 e. The van der Waals surface area contributed by atoms with Crippen LogP contribution in [0.15, 0.2) is 53.6 Å². The summed E-state index contributed by atoms with van der Waals surface area (Å²) in [6.07, 6.45) is 8.03. The van der Waals surface area contributed by atoms with Crippen LogP contribution in [0.1, 0.15) is 69.6 Å². The van der Waals surface area contributed by atoms with E-state index in [9.17, 15) is 0 Å². The van der Waals surface area contributed by atoms with E-state index in [1.54, 1.807) is 6.21 Å².